The van der Waals surface area contributed by atoms with Gasteiger partial charge >= 0.3 is 6.61 Å². The third-order valence-corrected chi connectivity index (χ3v) is 5.86. The number of halogens is 4. The summed E-state index contributed by atoms with van der Waals surface area (Å²) in [5, 5.41) is 12.4. The molecule has 178 valence electrons. The molecule has 2 aromatic rings. The van der Waals surface area contributed by atoms with Crippen molar-refractivity contribution in [3.8, 4) is 5.75 Å². The van der Waals surface area contributed by atoms with Crippen molar-refractivity contribution in [1.29, 1.82) is 0 Å². The van der Waals surface area contributed by atoms with Crippen molar-refractivity contribution in [2.75, 3.05) is 24.6 Å². The van der Waals surface area contributed by atoms with Crippen molar-refractivity contribution in [3.63, 3.8) is 0 Å². The minimum Gasteiger partial charge on any atom is -0.434 e. The molecule has 0 radical (unpaired) electrons. The number of hydrogen-bond donors (Lipinski definition) is 2. The van der Waals surface area contributed by atoms with Gasteiger partial charge in [-0.1, -0.05) is 12.1 Å². The van der Waals surface area contributed by atoms with E-state index in [0.29, 0.717) is 30.8 Å². The van der Waals surface area contributed by atoms with E-state index >= 15 is 0 Å². The monoisotopic (exact) mass is 468 g/mol. The van der Waals surface area contributed by atoms with Gasteiger partial charge in [0.1, 0.15) is 12.4 Å². The number of anilines is 1. The third-order valence-electron chi connectivity index (χ3n) is 5.86. The van der Waals surface area contributed by atoms with Gasteiger partial charge in [-0.25, -0.2) is 0 Å². The Labute approximate surface area is 188 Å². The van der Waals surface area contributed by atoms with Gasteiger partial charge < -0.3 is 24.8 Å². The Bertz CT molecular complexity index is 1030. The summed E-state index contributed by atoms with van der Waals surface area (Å²) >= 11 is 0. The Morgan fingerprint density at radius 3 is 2.76 bits per heavy atom. The maximum absolute atomic E-state index is 14.0. The summed E-state index contributed by atoms with van der Waals surface area (Å²) in [7, 11) is 0. The molecule has 0 aliphatic carbocycles. The highest BCUT2D eigenvalue weighted by Gasteiger charge is 2.37. The molecule has 0 bridgehead atoms. The number of aliphatic hydroxyl groups is 1. The molecule has 6 nitrogen and oxygen atoms in total. The molecule has 1 saturated heterocycles. The van der Waals surface area contributed by atoms with Crippen molar-refractivity contribution in [2.45, 2.75) is 44.6 Å². The second kappa shape index (κ2) is 9.18. The number of amides is 1. The Balaban J connectivity index is 1.53. The number of fused-ring (bicyclic) bond motifs is 1. The first-order valence-corrected chi connectivity index (χ1v) is 10.6. The van der Waals surface area contributed by atoms with Gasteiger partial charge in [0, 0.05) is 41.5 Å². The van der Waals surface area contributed by atoms with Gasteiger partial charge in [0.15, 0.2) is 0 Å². The highest BCUT2D eigenvalue weighted by molar-refractivity contribution is 5.94. The molecule has 0 unspecified atom stereocenters. The van der Waals surface area contributed by atoms with E-state index in [1.165, 1.54) is 24.3 Å². The summed E-state index contributed by atoms with van der Waals surface area (Å²) in [5.74, 6) is -3.76. The smallest absolute Gasteiger partial charge is 0.387 e. The molecule has 4 rings (SSSR count). The van der Waals surface area contributed by atoms with Crippen LogP contribution in [0.3, 0.4) is 0 Å². The lowest BCUT2D eigenvalue weighted by Gasteiger charge is -2.26. The zero-order valence-electron chi connectivity index (χ0n) is 17.9. The maximum Gasteiger partial charge on any atom is 0.387 e. The summed E-state index contributed by atoms with van der Waals surface area (Å²) in [6.45, 7) is -1.21. The number of rotatable bonds is 6. The largest absolute Gasteiger partial charge is 0.434 e. The predicted octanol–water partition coefficient (Wildman–Crippen LogP) is 3.97. The molecule has 0 saturated carbocycles. The van der Waals surface area contributed by atoms with Crippen LogP contribution in [0.5, 0.6) is 5.75 Å². The van der Waals surface area contributed by atoms with Gasteiger partial charge in [0.05, 0.1) is 18.8 Å². The summed E-state index contributed by atoms with van der Waals surface area (Å²) in [6, 6.07) is 7.92. The minimum atomic E-state index is -3.12. The first-order valence-electron chi connectivity index (χ1n) is 10.6. The van der Waals surface area contributed by atoms with Crippen LogP contribution in [0.25, 0.3) is 0 Å². The van der Waals surface area contributed by atoms with Crippen molar-refractivity contribution >= 4 is 11.6 Å². The predicted molar refractivity (Wildman–Crippen MR) is 112 cm³/mol. The average Bonchev–Trinajstić information content (AvgIpc) is 3.19. The number of hydrogen-bond acceptors (Lipinski definition) is 5. The van der Waals surface area contributed by atoms with Crippen LogP contribution in [-0.2, 0) is 17.3 Å². The van der Waals surface area contributed by atoms with Gasteiger partial charge in [-0.2, -0.15) is 17.6 Å². The number of ether oxygens (including phenoxy) is 2. The fraction of sp³-hybridized carbons (Fsp3) is 0.435. The molecule has 2 N–H and O–H groups in total. The number of carbonyl (C=O) groups is 1. The Morgan fingerprint density at radius 1 is 1.27 bits per heavy atom. The van der Waals surface area contributed by atoms with E-state index < -0.39 is 37.2 Å². The van der Waals surface area contributed by atoms with E-state index in [9.17, 15) is 27.5 Å². The number of alkyl halides is 4. The molecule has 2 aliphatic rings. The van der Waals surface area contributed by atoms with Gasteiger partial charge in [-0.05, 0) is 37.1 Å². The third kappa shape index (κ3) is 5.06. The minimum absolute atomic E-state index is 0.0272. The van der Waals surface area contributed by atoms with Crippen LogP contribution < -0.4 is 15.0 Å². The van der Waals surface area contributed by atoms with Gasteiger partial charge in [0.25, 0.3) is 11.8 Å². The van der Waals surface area contributed by atoms with Crippen LogP contribution in [-0.4, -0.2) is 43.4 Å². The molecule has 10 heteroatoms. The van der Waals surface area contributed by atoms with Crippen molar-refractivity contribution in [2.24, 2.45) is 0 Å². The molecule has 2 aromatic carbocycles. The molecular formula is C23H24F4N2O4. The van der Waals surface area contributed by atoms with Crippen LogP contribution in [0, 0.1) is 0 Å². The fourth-order valence-electron chi connectivity index (χ4n) is 4.19. The van der Waals surface area contributed by atoms with Crippen LogP contribution in [0.4, 0.5) is 23.2 Å². The SMILES string of the molecule is C[C@H](NC(=O)c1ccc2c(c1)COCC2(F)F)c1ccc(N2CC[C@@H](O)C2)cc1OC(F)F. The summed E-state index contributed by atoms with van der Waals surface area (Å²) < 4.78 is 63.6. The lowest BCUT2D eigenvalue weighted by Crippen LogP contribution is -2.30. The normalized spacial score (nSPS) is 20.5. The molecule has 1 fully saturated rings. The Kier molecular flexibility index (Phi) is 6.49. The maximum atomic E-state index is 14.0. The topological polar surface area (TPSA) is 71.0 Å². The molecular weight excluding hydrogens is 444 g/mol. The van der Waals surface area contributed by atoms with E-state index in [2.05, 4.69) is 5.32 Å². The molecule has 2 heterocycles. The van der Waals surface area contributed by atoms with Gasteiger partial charge in [-0.15, -0.1) is 0 Å². The number of aliphatic hydroxyl groups excluding tert-OH is 1. The van der Waals surface area contributed by atoms with Crippen molar-refractivity contribution < 1.29 is 36.9 Å². The molecule has 2 aliphatic heterocycles. The molecule has 0 aromatic heterocycles. The first kappa shape index (κ1) is 23.3. The lowest BCUT2D eigenvalue weighted by molar-refractivity contribution is -0.103. The second-order valence-corrected chi connectivity index (χ2v) is 8.25. The van der Waals surface area contributed by atoms with Crippen LogP contribution >= 0.6 is 0 Å². The molecule has 1 amide bonds. The summed E-state index contributed by atoms with van der Waals surface area (Å²) in [4.78, 5) is 14.6. The quantitative estimate of drug-likeness (QED) is 0.628. The number of nitrogens with zero attached hydrogens (tertiary/aromatic N) is 1. The van der Waals surface area contributed by atoms with E-state index in [0.717, 1.165) is 0 Å². The molecule has 2 atom stereocenters. The van der Waals surface area contributed by atoms with Crippen LogP contribution in [0.15, 0.2) is 36.4 Å². The van der Waals surface area contributed by atoms with Gasteiger partial charge in [0.2, 0.25) is 0 Å². The molecule has 33 heavy (non-hydrogen) atoms. The summed E-state index contributed by atoms with van der Waals surface area (Å²) in [5.41, 5.74) is 1.17. The lowest BCUT2D eigenvalue weighted by atomic mass is 9.97. The van der Waals surface area contributed by atoms with Gasteiger partial charge in [-0.3, -0.25) is 4.79 Å². The van der Waals surface area contributed by atoms with E-state index in [-0.39, 0.29) is 29.0 Å². The zero-order valence-corrected chi connectivity index (χ0v) is 17.9. The Morgan fingerprint density at radius 2 is 2.06 bits per heavy atom. The van der Waals surface area contributed by atoms with E-state index in [1.807, 2.05) is 4.90 Å². The molecule has 0 spiro atoms. The van der Waals surface area contributed by atoms with Crippen LogP contribution in [0.1, 0.15) is 46.4 Å². The number of β-amino-alcohol motifs (C(OH)–C–C–N with tert-alkyl or cyclic N) is 1. The Hall–Kier alpha value is -2.85. The van der Waals surface area contributed by atoms with Crippen LogP contribution in [0.2, 0.25) is 0 Å². The highest BCUT2D eigenvalue weighted by atomic mass is 19.3. The standard InChI is InChI=1S/C23H24F4N2O4/c1-13(28-21(31)14-2-5-19-15(8-14)11-32-12-23(19,26)27)18-4-3-16(9-20(18)33-22(24)25)29-7-6-17(30)10-29/h2-5,8-9,13,17,22,30H,6-7,10-12H2,1H3,(H,28,31)/t13-,17+/m0/s1. The van der Waals surface area contributed by atoms with E-state index in [4.69, 9.17) is 9.47 Å². The summed E-state index contributed by atoms with van der Waals surface area (Å²) in [6.07, 6.45) is 0.0982. The fourth-order valence-corrected chi connectivity index (χ4v) is 4.19. The second-order valence-electron chi connectivity index (χ2n) is 8.25. The highest BCUT2D eigenvalue weighted by Crippen LogP contribution is 2.36. The number of benzene rings is 2. The first-order chi connectivity index (χ1) is 15.6. The van der Waals surface area contributed by atoms with Crippen molar-refractivity contribution in [1.82, 2.24) is 5.32 Å². The zero-order chi connectivity index (χ0) is 23.8. The number of carbonyl (C=O) groups excluding carboxylic acids is 1. The van der Waals surface area contributed by atoms with E-state index in [1.54, 1.807) is 19.1 Å². The average molecular weight is 468 g/mol. The number of nitrogens with one attached hydrogen (secondary N) is 1. The van der Waals surface area contributed by atoms with Crippen molar-refractivity contribution in [3.05, 3.63) is 58.7 Å².